The number of benzene rings is 2. The number of para-hydroxylation sites is 1. The molecular formula is C18H10N4S. The van der Waals surface area contributed by atoms with Crippen LogP contribution in [0.15, 0.2) is 60.9 Å². The van der Waals surface area contributed by atoms with Crippen molar-refractivity contribution < 1.29 is 0 Å². The van der Waals surface area contributed by atoms with E-state index in [1.54, 1.807) is 17.5 Å². The van der Waals surface area contributed by atoms with Gasteiger partial charge in [0.2, 0.25) is 0 Å². The molecule has 0 unspecified atom stereocenters. The molecule has 23 heavy (non-hydrogen) atoms. The van der Waals surface area contributed by atoms with Crippen LogP contribution >= 0.6 is 11.3 Å². The molecule has 0 aliphatic carbocycles. The average Bonchev–Trinajstić information content (AvgIpc) is 3.00. The fourth-order valence-corrected chi connectivity index (χ4v) is 4.06. The van der Waals surface area contributed by atoms with Gasteiger partial charge in [-0.25, -0.2) is 0 Å². The minimum Gasteiger partial charge on any atom is -0.256 e. The Kier molecular flexibility index (Phi) is 2.63. The SMILES string of the molecule is c1cnc2c(-c3cccc4sc5cnnnc5c34)cccc2c1. The van der Waals surface area contributed by atoms with Crippen molar-refractivity contribution in [2.75, 3.05) is 0 Å². The second kappa shape index (κ2) is 4.79. The van der Waals surface area contributed by atoms with Crippen molar-refractivity contribution in [2.24, 2.45) is 0 Å². The molecule has 5 aromatic rings. The van der Waals surface area contributed by atoms with Gasteiger partial charge in [0, 0.05) is 27.2 Å². The molecule has 0 amide bonds. The lowest BCUT2D eigenvalue weighted by Gasteiger charge is -2.07. The lowest BCUT2D eigenvalue weighted by Crippen LogP contribution is -1.87. The van der Waals surface area contributed by atoms with Crippen molar-refractivity contribution in [1.82, 2.24) is 20.4 Å². The van der Waals surface area contributed by atoms with Gasteiger partial charge < -0.3 is 0 Å². The van der Waals surface area contributed by atoms with E-state index in [9.17, 15) is 0 Å². The number of hydrogen-bond donors (Lipinski definition) is 0. The first-order valence-electron chi connectivity index (χ1n) is 7.25. The molecule has 0 atom stereocenters. The number of hydrogen-bond acceptors (Lipinski definition) is 5. The van der Waals surface area contributed by atoms with E-state index in [0.717, 1.165) is 37.6 Å². The van der Waals surface area contributed by atoms with Gasteiger partial charge in [-0.1, -0.05) is 36.4 Å². The number of thiophene rings is 1. The number of rotatable bonds is 1. The predicted molar refractivity (Wildman–Crippen MR) is 93.5 cm³/mol. The van der Waals surface area contributed by atoms with Gasteiger partial charge in [-0.3, -0.25) is 4.98 Å². The van der Waals surface area contributed by atoms with Crippen LogP contribution in [0.4, 0.5) is 0 Å². The van der Waals surface area contributed by atoms with E-state index in [2.05, 4.69) is 62.9 Å². The van der Waals surface area contributed by atoms with Crippen LogP contribution < -0.4 is 0 Å². The van der Waals surface area contributed by atoms with Crippen molar-refractivity contribution in [1.29, 1.82) is 0 Å². The van der Waals surface area contributed by atoms with E-state index in [4.69, 9.17) is 0 Å². The topological polar surface area (TPSA) is 51.6 Å². The Labute approximate surface area is 135 Å². The predicted octanol–water partition coefficient (Wildman–Crippen LogP) is 4.45. The van der Waals surface area contributed by atoms with Crippen LogP contribution in [0.25, 0.3) is 42.3 Å². The zero-order chi connectivity index (χ0) is 15.2. The smallest absolute Gasteiger partial charge is 0.116 e. The van der Waals surface area contributed by atoms with E-state index >= 15 is 0 Å². The minimum atomic E-state index is 0.906. The Morgan fingerprint density at radius 1 is 0.783 bits per heavy atom. The fraction of sp³-hybridized carbons (Fsp3) is 0. The lowest BCUT2D eigenvalue weighted by atomic mass is 9.98. The Morgan fingerprint density at radius 3 is 2.65 bits per heavy atom. The maximum atomic E-state index is 4.58. The van der Waals surface area contributed by atoms with Crippen molar-refractivity contribution in [3.05, 3.63) is 60.9 Å². The molecule has 0 saturated heterocycles. The maximum absolute atomic E-state index is 4.58. The zero-order valence-corrected chi connectivity index (χ0v) is 12.8. The van der Waals surface area contributed by atoms with Crippen LogP contribution in [0.5, 0.6) is 0 Å². The van der Waals surface area contributed by atoms with Crippen LogP contribution in [0.2, 0.25) is 0 Å². The first-order chi connectivity index (χ1) is 11.4. The summed E-state index contributed by atoms with van der Waals surface area (Å²) in [4.78, 5) is 4.58. The van der Waals surface area contributed by atoms with Crippen LogP contribution in [-0.4, -0.2) is 20.4 Å². The van der Waals surface area contributed by atoms with E-state index < -0.39 is 0 Å². The molecule has 3 aromatic heterocycles. The molecule has 5 heteroatoms. The summed E-state index contributed by atoms with van der Waals surface area (Å²) in [5, 5.41) is 14.2. The standard InChI is InChI=1S/C18H10N4S/c1-4-11-5-3-9-19-17(11)13(7-1)12-6-2-8-14-16(12)18-15(23-14)10-20-22-21-18/h1-10H. The number of aromatic nitrogens is 4. The molecule has 3 heterocycles. The third-order valence-corrected chi connectivity index (χ3v) is 5.09. The maximum Gasteiger partial charge on any atom is 0.116 e. The fourth-order valence-electron chi connectivity index (χ4n) is 3.03. The van der Waals surface area contributed by atoms with E-state index in [-0.39, 0.29) is 0 Å². The highest BCUT2D eigenvalue weighted by Gasteiger charge is 2.14. The van der Waals surface area contributed by atoms with Gasteiger partial charge in [0.05, 0.1) is 16.4 Å². The molecule has 108 valence electrons. The Bertz CT molecular complexity index is 1170. The highest BCUT2D eigenvalue weighted by Crippen LogP contribution is 2.39. The summed E-state index contributed by atoms with van der Waals surface area (Å²) in [6, 6.07) is 16.6. The summed E-state index contributed by atoms with van der Waals surface area (Å²) >= 11 is 1.69. The highest BCUT2D eigenvalue weighted by molar-refractivity contribution is 7.25. The van der Waals surface area contributed by atoms with Gasteiger partial charge in [-0.2, -0.15) is 0 Å². The zero-order valence-electron chi connectivity index (χ0n) is 12.0. The van der Waals surface area contributed by atoms with E-state index in [1.165, 1.54) is 4.70 Å². The number of pyridine rings is 1. The summed E-state index contributed by atoms with van der Waals surface area (Å²) in [5.41, 5.74) is 4.16. The Morgan fingerprint density at radius 2 is 1.65 bits per heavy atom. The van der Waals surface area contributed by atoms with Crippen molar-refractivity contribution in [2.45, 2.75) is 0 Å². The van der Waals surface area contributed by atoms with E-state index in [0.29, 0.717) is 0 Å². The molecular weight excluding hydrogens is 304 g/mol. The van der Waals surface area contributed by atoms with Crippen LogP contribution in [0.3, 0.4) is 0 Å². The molecule has 0 aliphatic rings. The number of fused-ring (bicyclic) bond motifs is 4. The van der Waals surface area contributed by atoms with Gasteiger partial charge in [0.15, 0.2) is 0 Å². The molecule has 4 nitrogen and oxygen atoms in total. The molecule has 0 bridgehead atoms. The Hall–Kier alpha value is -2.92. The second-order valence-corrected chi connectivity index (χ2v) is 6.39. The van der Waals surface area contributed by atoms with Gasteiger partial charge >= 0.3 is 0 Å². The lowest BCUT2D eigenvalue weighted by molar-refractivity contribution is 0.899. The average molecular weight is 314 g/mol. The summed E-state index contributed by atoms with van der Waals surface area (Å²) < 4.78 is 2.24. The van der Waals surface area contributed by atoms with Crippen LogP contribution in [0, 0.1) is 0 Å². The normalized spacial score (nSPS) is 11.5. The van der Waals surface area contributed by atoms with Gasteiger partial charge in [-0.05, 0) is 22.9 Å². The van der Waals surface area contributed by atoms with Gasteiger partial charge in [-0.15, -0.1) is 21.5 Å². The highest BCUT2D eigenvalue weighted by atomic mass is 32.1. The summed E-state index contributed by atoms with van der Waals surface area (Å²) in [5.74, 6) is 0. The molecule has 0 aliphatic heterocycles. The molecule has 0 N–H and O–H groups in total. The third kappa shape index (κ3) is 1.83. The number of nitrogens with zero attached hydrogens (tertiary/aromatic N) is 4. The van der Waals surface area contributed by atoms with Crippen molar-refractivity contribution >= 4 is 42.5 Å². The second-order valence-electron chi connectivity index (χ2n) is 5.31. The molecule has 5 rings (SSSR count). The molecule has 0 radical (unpaired) electrons. The quantitative estimate of drug-likeness (QED) is 0.458. The molecule has 0 spiro atoms. The van der Waals surface area contributed by atoms with Gasteiger partial charge in [0.25, 0.3) is 0 Å². The summed E-state index contributed by atoms with van der Waals surface area (Å²) in [6.45, 7) is 0. The van der Waals surface area contributed by atoms with Crippen LogP contribution in [-0.2, 0) is 0 Å². The molecule has 2 aromatic carbocycles. The summed E-state index contributed by atoms with van der Waals surface area (Å²) in [6.07, 6.45) is 3.61. The third-order valence-electron chi connectivity index (χ3n) is 4.01. The minimum absolute atomic E-state index is 0.906. The molecule has 0 saturated carbocycles. The van der Waals surface area contributed by atoms with Gasteiger partial charge in [0.1, 0.15) is 5.52 Å². The monoisotopic (exact) mass is 314 g/mol. The Balaban J connectivity index is 1.96. The largest absolute Gasteiger partial charge is 0.256 e. The first-order valence-corrected chi connectivity index (χ1v) is 8.07. The van der Waals surface area contributed by atoms with Crippen molar-refractivity contribution in [3.63, 3.8) is 0 Å². The molecule has 0 fully saturated rings. The first kappa shape index (κ1) is 12.6. The van der Waals surface area contributed by atoms with Crippen molar-refractivity contribution in [3.8, 4) is 11.1 Å². The van der Waals surface area contributed by atoms with Crippen LogP contribution in [0.1, 0.15) is 0 Å². The van der Waals surface area contributed by atoms with E-state index in [1.807, 2.05) is 12.3 Å². The summed E-state index contributed by atoms with van der Waals surface area (Å²) in [7, 11) is 0.